The van der Waals surface area contributed by atoms with Gasteiger partial charge in [0.1, 0.15) is 12.1 Å². The van der Waals surface area contributed by atoms with E-state index >= 15 is 0 Å². The minimum atomic E-state index is -1.41. The number of esters is 2. The number of carbonyl (C=O) groups is 2. The van der Waals surface area contributed by atoms with Gasteiger partial charge in [-0.3, -0.25) is 9.59 Å². The third-order valence-corrected chi connectivity index (χ3v) is 3.73. The zero-order chi connectivity index (χ0) is 16.1. The Hall–Kier alpha value is -1.92. The molecule has 2 rings (SSSR count). The van der Waals surface area contributed by atoms with Crippen molar-refractivity contribution in [1.29, 1.82) is 0 Å². The minimum Gasteiger partial charge on any atom is -0.465 e. The highest BCUT2D eigenvalue weighted by atomic mass is 16.7. The average molecular weight is 307 g/mol. The topological polar surface area (TPSA) is 76.1 Å². The van der Waals surface area contributed by atoms with Crippen molar-refractivity contribution in [1.82, 2.24) is 4.90 Å². The number of hydrogen-bond donors (Lipinski definition) is 1. The highest BCUT2D eigenvalue weighted by Crippen LogP contribution is 2.23. The second kappa shape index (κ2) is 7.38. The first-order valence-corrected chi connectivity index (χ1v) is 7.41. The van der Waals surface area contributed by atoms with Gasteiger partial charge < -0.3 is 14.6 Å². The first-order valence-electron chi connectivity index (χ1n) is 7.41. The second-order valence-corrected chi connectivity index (χ2v) is 5.18. The molecule has 0 spiro atoms. The number of hydrogen-bond acceptors (Lipinski definition) is 6. The summed E-state index contributed by atoms with van der Waals surface area (Å²) in [5.74, 6) is -0.996. The Balaban J connectivity index is 2.12. The molecule has 0 bridgehead atoms. The van der Waals surface area contributed by atoms with E-state index in [1.54, 1.807) is 13.8 Å². The number of cyclic esters (lactones) is 1. The number of nitrogens with zero attached hydrogens (tertiary/aromatic N) is 1. The van der Waals surface area contributed by atoms with Crippen molar-refractivity contribution in [2.45, 2.75) is 45.2 Å². The molecular weight excluding hydrogens is 286 g/mol. The van der Waals surface area contributed by atoms with Crippen LogP contribution in [0.5, 0.6) is 0 Å². The van der Waals surface area contributed by atoms with E-state index in [1.807, 2.05) is 30.3 Å². The first-order chi connectivity index (χ1) is 10.5. The van der Waals surface area contributed by atoms with Crippen molar-refractivity contribution >= 4 is 11.9 Å². The molecule has 1 aliphatic rings. The Kier molecular flexibility index (Phi) is 5.51. The van der Waals surface area contributed by atoms with Crippen molar-refractivity contribution in [3.05, 3.63) is 35.9 Å². The fourth-order valence-corrected chi connectivity index (χ4v) is 2.58. The quantitative estimate of drug-likeness (QED) is 0.792. The molecule has 120 valence electrons. The molecule has 1 heterocycles. The molecule has 0 radical (unpaired) electrons. The van der Waals surface area contributed by atoms with E-state index in [0.717, 1.165) is 5.56 Å². The standard InChI is InChI=1S/C16H21NO5/c1-3-21-15(19)13(10-9-12-7-5-4-6-8-12)17-11(2)14(18)22-16(17)20/h4-8,11,13,16,20H,3,9-10H2,1-2H3/t11-,13-,16?/m0/s1. The number of benzene rings is 1. The Morgan fingerprint density at radius 3 is 2.64 bits per heavy atom. The van der Waals surface area contributed by atoms with Gasteiger partial charge in [-0.15, -0.1) is 0 Å². The van der Waals surface area contributed by atoms with Gasteiger partial charge in [0.15, 0.2) is 0 Å². The van der Waals surface area contributed by atoms with Gasteiger partial charge in [0.05, 0.1) is 6.61 Å². The second-order valence-electron chi connectivity index (χ2n) is 5.18. The lowest BCUT2D eigenvalue weighted by Crippen LogP contribution is -2.49. The molecule has 22 heavy (non-hydrogen) atoms. The van der Waals surface area contributed by atoms with Crippen molar-refractivity contribution < 1.29 is 24.2 Å². The van der Waals surface area contributed by atoms with E-state index < -0.39 is 30.4 Å². The summed E-state index contributed by atoms with van der Waals surface area (Å²) < 4.78 is 9.86. The number of aliphatic hydroxyl groups excluding tert-OH is 1. The molecule has 1 fully saturated rings. The summed E-state index contributed by atoms with van der Waals surface area (Å²) in [6.07, 6.45) is -0.345. The third kappa shape index (κ3) is 3.64. The van der Waals surface area contributed by atoms with Crippen LogP contribution in [-0.2, 0) is 25.5 Å². The van der Waals surface area contributed by atoms with Crippen LogP contribution in [0.2, 0.25) is 0 Å². The fraction of sp³-hybridized carbons (Fsp3) is 0.500. The van der Waals surface area contributed by atoms with Crippen LogP contribution in [0.25, 0.3) is 0 Å². The van der Waals surface area contributed by atoms with Crippen LogP contribution < -0.4 is 0 Å². The Morgan fingerprint density at radius 1 is 1.41 bits per heavy atom. The lowest BCUT2D eigenvalue weighted by Gasteiger charge is -2.28. The molecule has 0 amide bonds. The van der Waals surface area contributed by atoms with Crippen LogP contribution >= 0.6 is 0 Å². The van der Waals surface area contributed by atoms with E-state index in [0.29, 0.717) is 12.8 Å². The maximum atomic E-state index is 12.2. The summed E-state index contributed by atoms with van der Waals surface area (Å²) in [5.41, 5.74) is 1.07. The van der Waals surface area contributed by atoms with Crippen molar-refractivity contribution in [2.75, 3.05) is 6.61 Å². The molecule has 3 atom stereocenters. The lowest BCUT2D eigenvalue weighted by molar-refractivity contribution is -0.180. The molecule has 1 unspecified atom stereocenters. The van der Waals surface area contributed by atoms with Crippen LogP contribution in [0.1, 0.15) is 25.8 Å². The zero-order valence-corrected chi connectivity index (χ0v) is 12.8. The van der Waals surface area contributed by atoms with Gasteiger partial charge in [0.2, 0.25) is 0 Å². The number of aliphatic hydroxyl groups is 1. The maximum absolute atomic E-state index is 12.2. The van der Waals surface area contributed by atoms with Crippen molar-refractivity contribution in [3.8, 4) is 0 Å². The molecule has 1 aromatic carbocycles. The third-order valence-electron chi connectivity index (χ3n) is 3.73. The Bertz CT molecular complexity index is 519. The van der Waals surface area contributed by atoms with Crippen LogP contribution in [0.3, 0.4) is 0 Å². The highest BCUT2D eigenvalue weighted by Gasteiger charge is 2.45. The van der Waals surface area contributed by atoms with Gasteiger partial charge in [-0.2, -0.15) is 0 Å². The normalized spacial score (nSPS) is 23.1. The summed E-state index contributed by atoms with van der Waals surface area (Å²) in [4.78, 5) is 25.1. The van der Waals surface area contributed by atoms with Crippen LogP contribution in [-0.4, -0.2) is 47.0 Å². The molecule has 0 saturated carbocycles. The molecule has 1 saturated heterocycles. The summed E-state index contributed by atoms with van der Waals surface area (Å²) in [6, 6.07) is 8.30. The molecule has 0 aliphatic carbocycles. The van der Waals surface area contributed by atoms with Gasteiger partial charge in [0, 0.05) is 0 Å². The van der Waals surface area contributed by atoms with Gasteiger partial charge in [-0.25, -0.2) is 4.90 Å². The van der Waals surface area contributed by atoms with Gasteiger partial charge in [-0.1, -0.05) is 30.3 Å². The minimum absolute atomic E-state index is 0.244. The largest absolute Gasteiger partial charge is 0.465 e. The van der Waals surface area contributed by atoms with E-state index in [9.17, 15) is 14.7 Å². The number of rotatable bonds is 6. The maximum Gasteiger partial charge on any atom is 0.326 e. The van der Waals surface area contributed by atoms with Gasteiger partial charge >= 0.3 is 11.9 Å². The molecule has 1 aliphatic heterocycles. The van der Waals surface area contributed by atoms with Crippen molar-refractivity contribution in [3.63, 3.8) is 0 Å². The van der Waals surface area contributed by atoms with Crippen molar-refractivity contribution in [2.24, 2.45) is 0 Å². The highest BCUT2D eigenvalue weighted by molar-refractivity contribution is 5.81. The van der Waals surface area contributed by atoms with E-state index in [4.69, 9.17) is 9.47 Å². The molecule has 1 aromatic rings. The molecule has 1 N–H and O–H groups in total. The monoisotopic (exact) mass is 307 g/mol. The van der Waals surface area contributed by atoms with E-state index in [-0.39, 0.29) is 6.61 Å². The predicted octanol–water partition coefficient (Wildman–Crippen LogP) is 1.07. The van der Waals surface area contributed by atoms with Gasteiger partial charge in [0.25, 0.3) is 6.41 Å². The Morgan fingerprint density at radius 2 is 2.09 bits per heavy atom. The lowest BCUT2D eigenvalue weighted by atomic mass is 10.0. The molecule has 6 heteroatoms. The number of ether oxygens (including phenoxy) is 2. The summed E-state index contributed by atoms with van der Waals surface area (Å²) >= 11 is 0. The fourth-order valence-electron chi connectivity index (χ4n) is 2.58. The molecule has 6 nitrogen and oxygen atoms in total. The Labute approximate surface area is 129 Å². The van der Waals surface area contributed by atoms with Crippen LogP contribution in [0.15, 0.2) is 30.3 Å². The number of carbonyl (C=O) groups excluding carboxylic acids is 2. The summed E-state index contributed by atoms with van der Waals surface area (Å²) in [7, 11) is 0. The molecule has 0 aromatic heterocycles. The zero-order valence-electron chi connectivity index (χ0n) is 12.8. The SMILES string of the molecule is CCOC(=O)[C@H](CCc1ccccc1)N1C(O)OC(=O)[C@@H]1C. The van der Waals surface area contributed by atoms with E-state index in [1.165, 1.54) is 4.90 Å². The molecular formula is C16H21NO5. The first kappa shape index (κ1) is 16.5. The summed E-state index contributed by atoms with van der Waals surface area (Å²) in [6.45, 7) is 3.57. The van der Waals surface area contributed by atoms with Crippen LogP contribution in [0.4, 0.5) is 0 Å². The predicted molar refractivity (Wildman–Crippen MR) is 78.6 cm³/mol. The van der Waals surface area contributed by atoms with E-state index in [2.05, 4.69) is 0 Å². The summed E-state index contributed by atoms with van der Waals surface area (Å²) in [5, 5.41) is 9.89. The van der Waals surface area contributed by atoms with Gasteiger partial charge in [-0.05, 0) is 32.3 Å². The van der Waals surface area contributed by atoms with Crippen LogP contribution in [0, 0.1) is 0 Å². The number of aryl methyl sites for hydroxylation is 1. The average Bonchev–Trinajstić information content (AvgIpc) is 2.75. The smallest absolute Gasteiger partial charge is 0.326 e.